The first-order valence-corrected chi connectivity index (χ1v) is 5.29. The van der Waals surface area contributed by atoms with E-state index in [2.05, 4.69) is 24.9 Å². The third-order valence-corrected chi connectivity index (χ3v) is 3.44. The van der Waals surface area contributed by atoms with Crippen LogP contribution in [-0.2, 0) is 12.8 Å². The summed E-state index contributed by atoms with van der Waals surface area (Å²) in [7, 11) is 0. The predicted molar refractivity (Wildman–Crippen MR) is 57.5 cm³/mol. The Hall–Kier alpha value is -1.05. The molecule has 2 heteroatoms. The zero-order valence-electron chi connectivity index (χ0n) is 9.05. The second-order valence-electron chi connectivity index (χ2n) is 4.65. The summed E-state index contributed by atoms with van der Waals surface area (Å²) in [5.41, 5.74) is 3.41. The molecule has 0 bridgehead atoms. The van der Waals surface area contributed by atoms with Crippen molar-refractivity contribution in [3.05, 3.63) is 33.2 Å². The fourth-order valence-electron chi connectivity index (χ4n) is 2.17. The molecule has 1 aromatic heterocycles. The number of hydrogen-bond donors (Lipinski definition) is 1. The molecule has 1 aromatic rings. The first-order valence-electron chi connectivity index (χ1n) is 5.29. The van der Waals surface area contributed by atoms with Crippen molar-refractivity contribution in [1.29, 1.82) is 0 Å². The minimum atomic E-state index is 0.0745. The number of fused-ring (bicyclic) bond motifs is 1. The quantitative estimate of drug-likeness (QED) is 0.669. The molecule has 2 rings (SSSR count). The second kappa shape index (κ2) is 3.26. The van der Waals surface area contributed by atoms with Crippen molar-refractivity contribution in [2.45, 2.75) is 33.6 Å². The van der Waals surface area contributed by atoms with Crippen molar-refractivity contribution in [1.82, 2.24) is 4.98 Å². The zero-order chi connectivity index (χ0) is 10.3. The molecule has 0 aliphatic heterocycles. The highest BCUT2D eigenvalue weighted by Gasteiger charge is 2.22. The third kappa shape index (κ3) is 1.49. The van der Waals surface area contributed by atoms with Crippen molar-refractivity contribution in [2.24, 2.45) is 11.8 Å². The maximum Gasteiger partial charge on any atom is 0.251 e. The van der Waals surface area contributed by atoms with Crippen molar-refractivity contribution in [2.75, 3.05) is 0 Å². The molecule has 1 N–H and O–H groups in total. The summed E-state index contributed by atoms with van der Waals surface area (Å²) < 4.78 is 0. The van der Waals surface area contributed by atoms with E-state index < -0.39 is 0 Å². The van der Waals surface area contributed by atoms with Crippen LogP contribution in [0, 0.1) is 18.8 Å². The van der Waals surface area contributed by atoms with Gasteiger partial charge in [0.1, 0.15) is 0 Å². The van der Waals surface area contributed by atoms with Crippen molar-refractivity contribution < 1.29 is 0 Å². The molecule has 1 heterocycles. The Morgan fingerprint density at radius 3 is 2.64 bits per heavy atom. The molecule has 0 spiro atoms. The third-order valence-electron chi connectivity index (χ3n) is 3.44. The van der Waals surface area contributed by atoms with E-state index >= 15 is 0 Å². The number of aromatic amines is 1. The van der Waals surface area contributed by atoms with Crippen molar-refractivity contribution in [3.63, 3.8) is 0 Å². The number of H-pyrrole nitrogens is 1. The van der Waals surface area contributed by atoms with Gasteiger partial charge in [0.25, 0.3) is 5.56 Å². The van der Waals surface area contributed by atoms with Crippen LogP contribution in [0.5, 0.6) is 0 Å². The molecule has 2 unspecified atom stereocenters. The van der Waals surface area contributed by atoms with Crippen LogP contribution < -0.4 is 5.56 Å². The summed E-state index contributed by atoms with van der Waals surface area (Å²) in [4.78, 5) is 14.4. The van der Waals surface area contributed by atoms with E-state index in [-0.39, 0.29) is 5.56 Å². The molecular formula is C12H17NO. The van der Waals surface area contributed by atoms with Gasteiger partial charge in [0, 0.05) is 11.3 Å². The molecule has 2 atom stereocenters. The molecule has 0 aromatic carbocycles. The van der Waals surface area contributed by atoms with Gasteiger partial charge in [-0.1, -0.05) is 13.8 Å². The van der Waals surface area contributed by atoms with E-state index in [1.165, 1.54) is 5.56 Å². The van der Waals surface area contributed by atoms with Crippen LogP contribution >= 0.6 is 0 Å². The lowest BCUT2D eigenvalue weighted by molar-refractivity contribution is 0.355. The van der Waals surface area contributed by atoms with Gasteiger partial charge in [-0.3, -0.25) is 4.79 Å². The second-order valence-corrected chi connectivity index (χ2v) is 4.65. The van der Waals surface area contributed by atoms with Crippen LogP contribution in [0.2, 0.25) is 0 Å². The number of rotatable bonds is 0. The van der Waals surface area contributed by atoms with Gasteiger partial charge in [0.15, 0.2) is 0 Å². The molecule has 14 heavy (non-hydrogen) atoms. The Labute approximate surface area is 84.4 Å². The van der Waals surface area contributed by atoms with Crippen molar-refractivity contribution in [3.8, 4) is 0 Å². The smallest absolute Gasteiger partial charge is 0.251 e. The van der Waals surface area contributed by atoms with Crippen LogP contribution in [0.15, 0.2) is 10.9 Å². The molecular weight excluding hydrogens is 174 g/mol. The number of nitrogens with one attached hydrogen (secondary N) is 1. The number of aromatic nitrogens is 1. The Morgan fingerprint density at radius 1 is 1.29 bits per heavy atom. The van der Waals surface area contributed by atoms with E-state index in [0.717, 1.165) is 30.0 Å². The zero-order valence-corrected chi connectivity index (χ0v) is 9.05. The number of pyridine rings is 1. The fourth-order valence-corrected chi connectivity index (χ4v) is 2.17. The summed E-state index contributed by atoms with van der Waals surface area (Å²) in [5.74, 6) is 1.41. The topological polar surface area (TPSA) is 32.9 Å². The molecule has 76 valence electrons. The Morgan fingerprint density at radius 2 is 1.93 bits per heavy atom. The number of aryl methyl sites for hydroxylation is 1. The lowest BCUT2D eigenvalue weighted by atomic mass is 9.80. The monoisotopic (exact) mass is 191 g/mol. The fraction of sp³-hybridized carbons (Fsp3) is 0.583. The van der Waals surface area contributed by atoms with Gasteiger partial charge < -0.3 is 4.98 Å². The summed E-state index contributed by atoms with van der Waals surface area (Å²) >= 11 is 0. The first-order chi connectivity index (χ1) is 6.58. The van der Waals surface area contributed by atoms with E-state index in [0.29, 0.717) is 5.92 Å². The molecule has 2 nitrogen and oxygen atoms in total. The summed E-state index contributed by atoms with van der Waals surface area (Å²) in [5, 5.41) is 0. The van der Waals surface area contributed by atoms with E-state index in [1.807, 2.05) is 6.92 Å². The lowest BCUT2D eigenvalue weighted by Gasteiger charge is -2.27. The molecule has 0 radical (unpaired) electrons. The first kappa shape index (κ1) is 9.50. The van der Waals surface area contributed by atoms with Crippen LogP contribution in [0.25, 0.3) is 0 Å². The van der Waals surface area contributed by atoms with Gasteiger partial charge >= 0.3 is 0 Å². The molecule has 0 saturated heterocycles. The summed E-state index contributed by atoms with van der Waals surface area (Å²) in [6.45, 7) is 6.42. The van der Waals surface area contributed by atoms with Crippen LogP contribution in [0.4, 0.5) is 0 Å². The molecule has 1 aliphatic carbocycles. The van der Waals surface area contributed by atoms with Gasteiger partial charge in [-0.25, -0.2) is 0 Å². The molecule has 0 amide bonds. The van der Waals surface area contributed by atoms with Gasteiger partial charge in [0.05, 0.1) is 0 Å². The molecule has 1 aliphatic rings. The van der Waals surface area contributed by atoms with Crippen LogP contribution in [0.3, 0.4) is 0 Å². The normalized spacial score (nSPS) is 25.9. The standard InChI is InChI=1S/C12H17NO/c1-7-4-10-5-9(3)12(14)13-11(10)6-8(7)2/h5,7-8H,4,6H2,1-3H3,(H,13,14). The van der Waals surface area contributed by atoms with Gasteiger partial charge in [-0.2, -0.15) is 0 Å². The van der Waals surface area contributed by atoms with Gasteiger partial charge in [-0.15, -0.1) is 0 Å². The van der Waals surface area contributed by atoms with Crippen molar-refractivity contribution >= 4 is 0 Å². The SMILES string of the molecule is Cc1cc2c([nH]c1=O)CC(C)C(C)C2. The minimum absolute atomic E-state index is 0.0745. The Kier molecular flexibility index (Phi) is 2.22. The minimum Gasteiger partial charge on any atom is -0.326 e. The highest BCUT2D eigenvalue weighted by Crippen LogP contribution is 2.27. The highest BCUT2D eigenvalue weighted by molar-refractivity contribution is 5.27. The maximum absolute atomic E-state index is 11.4. The van der Waals surface area contributed by atoms with Gasteiger partial charge in [-0.05, 0) is 43.2 Å². The van der Waals surface area contributed by atoms with E-state index in [9.17, 15) is 4.79 Å². The number of hydrogen-bond acceptors (Lipinski definition) is 1. The highest BCUT2D eigenvalue weighted by atomic mass is 16.1. The summed E-state index contributed by atoms with van der Waals surface area (Å²) in [6.07, 6.45) is 2.13. The largest absolute Gasteiger partial charge is 0.326 e. The Balaban J connectivity index is 2.48. The van der Waals surface area contributed by atoms with E-state index in [1.54, 1.807) is 0 Å². The molecule has 0 fully saturated rings. The average Bonchev–Trinajstić information content (AvgIpc) is 2.11. The van der Waals surface area contributed by atoms with Crippen LogP contribution in [0.1, 0.15) is 30.7 Å². The predicted octanol–water partition coefficient (Wildman–Crippen LogP) is 2.05. The average molecular weight is 191 g/mol. The van der Waals surface area contributed by atoms with Gasteiger partial charge in [0.2, 0.25) is 0 Å². The van der Waals surface area contributed by atoms with Crippen LogP contribution in [-0.4, -0.2) is 4.98 Å². The summed E-state index contributed by atoms with van der Waals surface area (Å²) in [6, 6.07) is 2.05. The lowest BCUT2D eigenvalue weighted by Crippen LogP contribution is -2.25. The molecule has 0 saturated carbocycles. The van der Waals surface area contributed by atoms with E-state index in [4.69, 9.17) is 0 Å². The Bertz CT molecular complexity index is 405. The maximum atomic E-state index is 11.4.